The van der Waals surface area contributed by atoms with Crippen molar-refractivity contribution in [1.29, 1.82) is 0 Å². The molecule has 0 saturated carbocycles. The Morgan fingerprint density at radius 3 is 2.48 bits per heavy atom. The van der Waals surface area contributed by atoms with Crippen LogP contribution in [0.25, 0.3) is 0 Å². The quantitative estimate of drug-likeness (QED) is 0.919. The van der Waals surface area contributed by atoms with Crippen LogP contribution in [0.2, 0.25) is 5.28 Å². The Balaban J connectivity index is 2.28. The first kappa shape index (κ1) is 15.6. The lowest BCUT2D eigenvalue weighted by Gasteiger charge is -2.18. The number of nitrogens with one attached hydrogen (secondary N) is 1. The Morgan fingerprint density at radius 2 is 1.86 bits per heavy atom. The molecule has 1 heterocycles. The average Bonchev–Trinajstić information content (AvgIpc) is 2.37. The molecule has 0 aliphatic rings. The summed E-state index contributed by atoms with van der Waals surface area (Å²) < 4.78 is 14.0. The number of anilines is 1. The van der Waals surface area contributed by atoms with Gasteiger partial charge in [0.15, 0.2) is 11.5 Å². The van der Waals surface area contributed by atoms with Gasteiger partial charge in [0.25, 0.3) is 0 Å². The van der Waals surface area contributed by atoms with Crippen molar-refractivity contribution in [3.05, 3.63) is 46.5 Å². The molecule has 4 nitrogen and oxygen atoms in total. The molecular formula is C15H18ClFN4. The predicted octanol–water partition coefficient (Wildman–Crippen LogP) is 4.21. The molecule has 112 valence electrons. The highest BCUT2D eigenvalue weighted by atomic mass is 35.5. The summed E-state index contributed by atoms with van der Waals surface area (Å²) in [5.74, 6) is 0.286. The van der Waals surface area contributed by atoms with Gasteiger partial charge in [0, 0.05) is 0 Å². The number of alkyl halides is 1. The average molecular weight is 309 g/mol. The minimum absolute atomic E-state index is 0.0157. The molecule has 0 radical (unpaired) electrons. The zero-order chi connectivity index (χ0) is 15.6. The molecule has 21 heavy (non-hydrogen) atoms. The summed E-state index contributed by atoms with van der Waals surface area (Å²) in [4.78, 5) is 11.9. The van der Waals surface area contributed by atoms with E-state index in [1.54, 1.807) is 0 Å². The van der Waals surface area contributed by atoms with Crippen molar-refractivity contribution in [2.45, 2.75) is 39.4 Å². The van der Waals surface area contributed by atoms with Gasteiger partial charge in [-0.25, -0.2) is 4.39 Å². The van der Waals surface area contributed by atoms with Crippen LogP contribution < -0.4 is 5.32 Å². The van der Waals surface area contributed by atoms with Gasteiger partial charge in [-0.05, 0) is 50.4 Å². The second-order valence-electron chi connectivity index (χ2n) is 5.45. The van der Waals surface area contributed by atoms with Gasteiger partial charge in [-0.2, -0.15) is 15.0 Å². The molecule has 0 aliphatic carbocycles. The highest BCUT2D eigenvalue weighted by Gasteiger charge is 2.24. The third-order valence-corrected chi connectivity index (χ3v) is 3.31. The van der Waals surface area contributed by atoms with Crippen molar-refractivity contribution in [3.63, 3.8) is 0 Å². The van der Waals surface area contributed by atoms with E-state index in [0.29, 0.717) is 0 Å². The lowest BCUT2D eigenvalue weighted by atomic mass is 10.0. The van der Waals surface area contributed by atoms with Crippen molar-refractivity contribution in [2.75, 3.05) is 5.32 Å². The highest BCUT2D eigenvalue weighted by molar-refractivity contribution is 6.28. The minimum Gasteiger partial charge on any atom is -0.348 e. The van der Waals surface area contributed by atoms with Gasteiger partial charge in [0.2, 0.25) is 11.2 Å². The molecule has 0 aliphatic heterocycles. The van der Waals surface area contributed by atoms with E-state index < -0.39 is 5.67 Å². The van der Waals surface area contributed by atoms with Crippen molar-refractivity contribution in [1.82, 2.24) is 15.0 Å². The first-order valence-corrected chi connectivity index (χ1v) is 7.08. The predicted molar refractivity (Wildman–Crippen MR) is 82.2 cm³/mol. The van der Waals surface area contributed by atoms with Crippen molar-refractivity contribution in [2.24, 2.45) is 0 Å². The van der Waals surface area contributed by atoms with Crippen LogP contribution in [0.4, 0.5) is 10.3 Å². The second kappa shape index (κ2) is 5.93. The SMILES string of the molecule is Cc1ccccc1C(C)Nc1nc(Cl)nc(C(C)(C)F)n1. The number of aryl methyl sites for hydroxylation is 1. The number of aromatic nitrogens is 3. The van der Waals surface area contributed by atoms with E-state index in [9.17, 15) is 4.39 Å². The largest absolute Gasteiger partial charge is 0.348 e. The Kier molecular flexibility index (Phi) is 4.42. The van der Waals surface area contributed by atoms with E-state index in [2.05, 4.69) is 20.3 Å². The van der Waals surface area contributed by atoms with Crippen LogP contribution in [-0.2, 0) is 5.67 Å². The van der Waals surface area contributed by atoms with Crippen molar-refractivity contribution < 1.29 is 4.39 Å². The summed E-state index contributed by atoms with van der Waals surface area (Å²) in [6.45, 7) is 6.78. The summed E-state index contributed by atoms with van der Waals surface area (Å²) in [5.41, 5.74) is 0.605. The van der Waals surface area contributed by atoms with Gasteiger partial charge in [0.05, 0.1) is 6.04 Å². The smallest absolute Gasteiger partial charge is 0.227 e. The second-order valence-corrected chi connectivity index (χ2v) is 5.78. The molecule has 2 aromatic rings. The molecule has 1 aromatic heterocycles. The molecule has 2 rings (SSSR count). The van der Waals surface area contributed by atoms with E-state index in [1.165, 1.54) is 13.8 Å². The maximum absolute atomic E-state index is 14.0. The third kappa shape index (κ3) is 3.88. The molecule has 0 fully saturated rings. The molecule has 1 unspecified atom stereocenters. The topological polar surface area (TPSA) is 50.7 Å². The van der Waals surface area contributed by atoms with Crippen LogP contribution in [0.15, 0.2) is 24.3 Å². The van der Waals surface area contributed by atoms with Crippen molar-refractivity contribution in [3.8, 4) is 0 Å². The van der Waals surface area contributed by atoms with Gasteiger partial charge >= 0.3 is 0 Å². The number of hydrogen-bond donors (Lipinski definition) is 1. The fraction of sp³-hybridized carbons (Fsp3) is 0.400. The fourth-order valence-corrected chi connectivity index (χ4v) is 2.18. The standard InChI is InChI=1S/C15H18ClFN4/c1-9-7-5-6-8-11(9)10(2)18-14-20-12(15(3,4)17)19-13(16)21-14/h5-8,10H,1-4H3,(H,18,19,20,21). The molecular weight excluding hydrogens is 291 g/mol. The Labute approximate surface area is 128 Å². The lowest BCUT2D eigenvalue weighted by Crippen LogP contribution is -2.18. The first-order chi connectivity index (χ1) is 9.77. The van der Waals surface area contributed by atoms with Crippen molar-refractivity contribution >= 4 is 17.5 Å². The first-order valence-electron chi connectivity index (χ1n) is 6.70. The number of nitrogens with zero attached hydrogens (tertiary/aromatic N) is 3. The zero-order valence-electron chi connectivity index (χ0n) is 12.5. The number of rotatable bonds is 4. The van der Waals surface area contributed by atoms with Gasteiger partial charge in [-0.3, -0.25) is 0 Å². The number of halogens is 2. The summed E-state index contributed by atoms with van der Waals surface area (Å²) in [6, 6.07) is 7.98. The monoisotopic (exact) mass is 308 g/mol. The summed E-state index contributed by atoms with van der Waals surface area (Å²) in [6.07, 6.45) is 0. The van der Waals surface area contributed by atoms with Crippen LogP contribution in [-0.4, -0.2) is 15.0 Å². The maximum atomic E-state index is 14.0. The molecule has 0 spiro atoms. The Bertz CT molecular complexity index is 640. The number of hydrogen-bond acceptors (Lipinski definition) is 4. The fourth-order valence-electron chi connectivity index (χ4n) is 2.02. The van der Waals surface area contributed by atoms with Gasteiger partial charge in [-0.1, -0.05) is 24.3 Å². The summed E-state index contributed by atoms with van der Waals surface area (Å²) in [5, 5.41) is 3.12. The minimum atomic E-state index is -1.67. The van der Waals surface area contributed by atoms with Crippen LogP contribution in [0.5, 0.6) is 0 Å². The van der Waals surface area contributed by atoms with E-state index in [4.69, 9.17) is 11.6 Å². The van der Waals surface area contributed by atoms with E-state index >= 15 is 0 Å². The van der Waals surface area contributed by atoms with Crippen LogP contribution in [0.1, 0.15) is 43.8 Å². The Morgan fingerprint density at radius 1 is 1.19 bits per heavy atom. The normalized spacial score (nSPS) is 13.0. The van der Waals surface area contributed by atoms with E-state index in [-0.39, 0.29) is 23.1 Å². The Hall–Kier alpha value is -1.75. The molecule has 0 amide bonds. The zero-order valence-corrected chi connectivity index (χ0v) is 13.2. The van der Waals surface area contributed by atoms with Crippen LogP contribution in [0, 0.1) is 6.92 Å². The van der Waals surface area contributed by atoms with Crippen LogP contribution >= 0.6 is 11.6 Å². The van der Waals surface area contributed by atoms with E-state index in [0.717, 1.165) is 11.1 Å². The summed E-state index contributed by atoms with van der Waals surface area (Å²) >= 11 is 5.85. The molecule has 1 N–H and O–H groups in total. The number of benzene rings is 1. The highest BCUT2D eigenvalue weighted by Crippen LogP contribution is 2.25. The van der Waals surface area contributed by atoms with Gasteiger partial charge < -0.3 is 5.32 Å². The maximum Gasteiger partial charge on any atom is 0.227 e. The molecule has 0 saturated heterocycles. The molecule has 0 bridgehead atoms. The summed E-state index contributed by atoms with van der Waals surface area (Å²) in [7, 11) is 0. The van der Waals surface area contributed by atoms with Crippen LogP contribution in [0.3, 0.4) is 0 Å². The molecule has 6 heteroatoms. The van der Waals surface area contributed by atoms with Gasteiger partial charge in [-0.15, -0.1) is 0 Å². The third-order valence-electron chi connectivity index (χ3n) is 3.14. The van der Waals surface area contributed by atoms with Gasteiger partial charge in [0.1, 0.15) is 0 Å². The lowest BCUT2D eigenvalue weighted by molar-refractivity contribution is 0.206. The molecule has 1 aromatic carbocycles. The van der Waals surface area contributed by atoms with E-state index in [1.807, 2.05) is 38.1 Å². The molecule has 1 atom stereocenters.